The smallest absolute Gasteiger partial charge is 0.195 e. The van der Waals surface area contributed by atoms with Crippen LogP contribution in [0, 0.1) is 0 Å². The Hall–Kier alpha value is -2.33. The Morgan fingerprint density at radius 1 is 1.32 bits per heavy atom. The van der Waals surface area contributed by atoms with Crippen LogP contribution in [0.2, 0.25) is 5.02 Å². The number of nitrogens with one attached hydrogen (secondary N) is 1. The first-order valence-corrected chi connectivity index (χ1v) is 6.05. The number of carbonyl (C=O) groups excluding carboxylic acids is 1. The molecule has 3 N–H and O–H groups in total. The molecular weight excluding hydrogens is 262 g/mol. The Balaban J connectivity index is 2.13. The lowest BCUT2D eigenvalue weighted by Crippen LogP contribution is -2.01. The van der Waals surface area contributed by atoms with Crippen molar-refractivity contribution < 1.29 is 4.79 Å². The summed E-state index contributed by atoms with van der Waals surface area (Å²) in [6.45, 7) is 0. The Bertz CT molecular complexity index is 759. The van der Waals surface area contributed by atoms with E-state index in [1.54, 1.807) is 36.8 Å². The average Bonchev–Trinajstić information content (AvgIpc) is 2.80. The highest BCUT2D eigenvalue weighted by atomic mass is 35.5. The molecule has 3 rings (SSSR count). The van der Waals surface area contributed by atoms with E-state index in [0.717, 1.165) is 10.9 Å². The minimum absolute atomic E-state index is 0.131. The maximum atomic E-state index is 12.5. The number of hydrogen-bond acceptors (Lipinski definition) is 3. The number of benzene rings is 1. The summed E-state index contributed by atoms with van der Waals surface area (Å²) >= 11 is 5.92. The van der Waals surface area contributed by atoms with Crippen LogP contribution >= 0.6 is 11.6 Å². The molecule has 3 aromatic rings. The highest BCUT2D eigenvalue weighted by Crippen LogP contribution is 2.23. The summed E-state index contributed by atoms with van der Waals surface area (Å²) in [6.07, 6.45) is 5.00. The Morgan fingerprint density at radius 3 is 2.95 bits per heavy atom. The number of anilines is 1. The van der Waals surface area contributed by atoms with Crippen LogP contribution in [0.4, 0.5) is 5.69 Å². The number of fused-ring (bicyclic) bond motifs is 1. The van der Waals surface area contributed by atoms with Crippen LogP contribution < -0.4 is 5.73 Å². The predicted molar refractivity (Wildman–Crippen MR) is 75.4 cm³/mol. The molecule has 0 amide bonds. The quantitative estimate of drug-likeness (QED) is 0.556. The molecule has 2 aromatic heterocycles. The first kappa shape index (κ1) is 11.7. The topological polar surface area (TPSA) is 71.8 Å². The number of aromatic amines is 1. The molecule has 0 saturated heterocycles. The molecule has 0 aliphatic rings. The zero-order chi connectivity index (χ0) is 13.4. The molecule has 1 aromatic carbocycles. The monoisotopic (exact) mass is 271 g/mol. The second kappa shape index (κ2) is 4.40. The van der Waals surface area contributed by atoms with Crippen molar-refractivity contribution in [3.8, 4) is 0 Å². The number of nitrogens with two attached hydrogens (primary N) is 1. The third-order valence-corrected chi connectivity index (χ3v) is 3.13. The van der Waals surface area contributed by atoms with E-state index in [1.165, 1.54) is 0 Å². The summed E-state index contributed by atoms with van der Waals surface area (Å²) in [6, 6.07) is 6.65. The van der Waals surface area contributed by atoms with Crippen molar-refractivity contribution >= 4 is 34.0 Å². The standard InChI is InChI=1S/C14H10ClN3O/c15-9-3-8(4-10(16)5-9)14(19)12-7-18-13-1-2-17-6-11(12)13/h1-7,18H,16H2. The fourth-order valence-electron chi connectivity index (χ4n) is 2.05. The van der Waals surface area contributed by atoms with E-state index in [9.17, 15) is 4.79 Å². The van der Waals surface area contributed by atoms with Crippen molar-refractivity contribution in [2.75, 3.05) is 5.73 Å². The highest BCUT2D eigenvalue weighted by Gasteiger charge is 2.15. The minimum Gasteiger partial charge on any atom is -0.399 e. The molecule has 0 spiro atoms. The van der Waals surface area contributed by atoms with E-state index in [4.69, 9.17) is 17.3 Å². The summed E-state index contributed by atoms with van der Waals surface area (Å²) in [5.74, 6) is -0.131. The number of ketones is 1. The lowest BCUT2D eigenvalue weighted by Gasteiger charge is -2.02. The number of pyridine rings is 1. The summed E-state index contributed by atoms with van der Waals surface area (Å²) < 4.78 is 0. The van der Waals surface area contributed by atoms with Crippen molar-refractivity contribution in [1.82, 2.24) is 9.97 Å². The zero-order valence-corrected chi connectivity index (χ0v) is 10.6. The second-order valence-corrected chi connectivity index (χ2v) is 4.66. The van der Waals surface area contributed by atoms with E-state index in [1.807, 2.05) is 6.07 Å². The van der Waals surface area contributed by atoms with Gasteiger partial charge in [0.25, 0.3) is 0 Å². The lowest BCUT2D eigenvalue weighted by atomic mass is 10.0. The molecule has 0 radical (unpaired) electrons. The van der Waals surface area contributed by atoms with Crippen molar-refractivity contribution in [2.24, 2.45) is 0 Å². The van der Waals surface area contributed by atoms with Crippen molar-refractivity contribution in [1.29, 1.82) is 0 Å². The first-order valence-electron chi connectivity index (χ1n) is 5.67. The highest BCUT2D eigenvalue weighted by molar-refractivity contribution is 6.31. The number of carbonyl (C=O) groups is 1. The fraction of sp³-hybridized carbons (Fsp3) is 0. The molecule has 94 valence electrons. The summed E-state index contributed by atoms with van der Waals surface area (Å²) in [5, 5.41) is 1.23. The normalized spacial score (nSPS) is 10.8. The van der Waals surface area contributed by atoms with Gasteiger partial charge < -0.3 is 10.7 Å². The van der Waals surface area contributed by atoms with Gasteiger partial charge in [-0.25, -0.2) is 0 Å². The number of aromatic nitrogens is 2. The molecular formula is C14H10ClN3O. The van der Waals surface area contributed by atoms with Gasteiger partial charge in [-0.2, -0.15) is 0 Å². The predicted octanol–water partition coefficient (Wildman–Crippen LogP) is 3.03. The molecule has 2 heterocycles. The van der Waals surface area contributed by atoms with Gasteiger partial charge >= 0.3 is 0 Å². The first-order chi connectivity index (χ1) is 9.15. The number of rotatable bonds is 2. The van der Waals surface area contributed by atoms with Crippen LogP contribution in [0.15, 0.2) is 42.9 Å². The van der Waals surface area contributed by atoms with Gasteiger partial charge in [0.15, 0.2) is 5.78 Å². The van der Waals surface area contributed by atoms with Crippen LogP contribution in [0.3, 0.4) is 0 Å². The molecule has 0 unspecified atom stereocenters. The van der Waals surface area contributed by atoms with Crippen LogP contribution in [-0.4, -0.2) is 15.8 Å². The molecule has 0 bridgehead atoms. The largest absolute Gasteiger partial charge is 0.399 e. The molecule has 0 saturated carbocycles. The molecule has 0 aliphatic carbocycles. The van der Waals surface area contributed by atoms with Crippen LogP contribution in [-0.2, 0) is 0 Å². The SMILES string of the molecule is Nc1cc(Cl)cc(C(=O)c2c[nH]c3ccncc23)c1. The Labute approximate surface area is 114 Å². The summed E-state index contributed by atoms with van der Waals surface area (Å²) in [7, 11) is 0. The second-order valence-electron chi connectivity index (χ2n) is 4.23. The Morgan fingerprint density at radius 2 is 2.16 bits per heavy atom. The third kappa shape index (κ3) is 2.06. The molecule has 4 nitrogen and oxygen atoms in total. The van der Waals surface area contributed by atoms with E-state index in [2.05, 4.69) is 9.97 Å². The van der Waals surface area contributed by atoms with E-state index in [0.29, 0.717) is 21.8 Å². The number of nitrogen functional groups attached to an aromatic ring is 1. The number of H-pyrrole nitrogens is 1. The van der Waals surface area contributed by atoms with Gasteiger partial charge in [0, 0.05) is 51.3 Å². The lowest BCUT2D eigenvalue weighted by molar-refractivity contribution is 0.104. The van der Waals surface area contributed by atoms with Crippen LogP contribution in [0.1, 0.15) is 15.9 Å². The van der Waals surface area contributed by atoms with Gasteiger partial charge in [0.2, 0.25) is 0 Å². The average molecular weight is 272 g/mol. The van der Waals surface area contributed by atoms with E-state index >= 15 is 0 Å². The van der Waals surface area contributed by atoms with Gasteiger partial charge in [-0.15, -0.1) is 0 Å². The van der Waals surface area contributed by atoms with Crippen molar-refractivity contribution in [2.45, 2.75) is 0 Å². The van der Waals surface area contributed by atoms with E-state index < -0.39 is 0 Å². The van der Waals surface area contributed by atoms with Crippen molar-refractivity contribution in [3.63, 3.8) is 0 Å². The van der Waals surface area contributed by atoms with Crippen molar-refractivity contribution in [3.05, 3.63) is 59.0 Å². The maximum Gasteiger partial charge on any atom is 0.195 e. The third-order valence-electron chi connectivity index (χ3n) is 2.91. The number of halogens is 1. The van der Waals surface area contributed by atoms with E-state index in [-0.39, 0.29) is 5.78 Å². The van der Waals surface area contributed by atoms with Gasteiger partial charge in [0.05, 0.1) is 0 Å². The molecule has 0 fully saturated rings. The summed E-state index contributed by atoms with van der Waals surface area (Å²) in [5.41, 5.74) is 8.07. The van der Waals surface area contributed by atoms with Gasteiger partial charge in [-0.1, -0.05) is 11.6 Å². The molecule has 0 aliphatic heterocycles. The minimum atomic E-state index is -0.131. The zero-order valence-electron chi connectivity index (χ0n) is 9.85. The van der Waals surface area contributed by atoms with Crippen LogP contribution in [0.25, 0.3) is 10.9 Å². The van der Waals surface area contributed by atoms with Crippen LogP contribution in [0.5, 0.6) is 0 Å². The molecule has 0 atom stereocenters. The number of hydrogen-bond donors (Lipinski definition) is 2. The maximum absolute atomic E-state index is 12.5. The van der Waals surface area contributed by atoms with Gasteiger partial charge in [-0.05, 0) is 24.3 Å². The number of nitrogens with zero attached hydrogens (tertiary/aromatic N) is 1. The fourth-order valence-corrected chi connectivity index (χ4v) is 2.29. The Kier molecular flexibility index (Phi) is 2.72. The van der Waals surface area contributed by atoms with Gasteiger partial charge in [-0.3, -0.25) is 9.78 Å². The molecule has 19 heavy (non-hydrogen) atoms. The summed E-state index contributed by atoms with van der Waals surface area (Å²) in [4.78, 5) is 19.5. The molecule has 5 heteroatoms. The van der Waals surface area contributed by atoms with Gasteiger partial charge in [0.1, 0.15) is 0 Å².